The summed E-state index contributed by atoms with van der Waals surface area (Å²) >= 11 is 1.28. The number of hydrogen-bond acceptors (Lipinski definition) is 6. The number of aromatic carboxylic acids is 1. The van der Waals surface area contributed by atoms with E-state index in [-0.39, 0.29) is 29.6 Å². The van der Waals surface area contributed by atoms with Crippen molar-refractivity contribution >= 4 is 45.6 Å². The lowest BCUT2D eigenvalue weighted by atomic mass is 9.91. The molecule has 0 radical (unpaired) electrons. The number of para-hydroxylation sites is 1. The summed E-state index contributed by atoms with van der Waals surface area (Å²) in [5, 5.41) is 20.2. The average Bonchev–Trinajstić information content (AvgIpc) is 3.48. The van der Waals surface area contributed by atoms with Crippen molar-refractivity contribution in [1.82, 2.24) is 14.9 Å². The summed E-state index contributed by atoms with van der Waals surface area (Å²) in [4.78, 5) is 41.3. The van der Waals surface area contributed by atoms with Crippen LogP contribution in [0.3, 0.4) is 0 Å². The second-order valence-electron chi connectivity index (χ2n) is 10.7. The third kappa shape index (κ3) is 6.36. The number of carbonyl (C=O) groups is 2. The molecule has 0 atom stereocenters. The number of amides is 2. The summed E-state index contributed by atoms with van der Waals surface area (Å²) in [6.07, 6.45) is 2.62. The number of thiazole rings is 1. The number of carbonyl (C=O) groups excluding carboxylic acids is 1. The lowest BCUT2D eigenvalue weighted by Crippen LogP contribution is -2.38. The molecule has 0 bridgehead atoms. The normalized spacial score (nSPS) is 11.5. The van der Waals surface area contributed by atoms with Crippen molar-refractivity contribution in [1.29, 1.82) is 0 Å². The van der Waals surface area contributed by atoms with E-state index in [1.165, 1.54) is 15.9 Å². The van der Waals surface area contributed by atoms with Crippen molar-refractivity contribution in [2.24, 2.45) is 0 Å². The van der Waals surface area contributed by atoms with Crippen LogP contribution in [0.1, 0.15) is 45.9 Å². The van der Waals surface area contributed by atoms with Crippen molar-refractivity contribution in [2.75, 3.05) is 10.6 Å². The highest BCUT2D eigenvalue weighted by atomic mass is 32.1. The standard InChI is InChI=1S/C32H29F2N5O4S/c1-18-6-4-5-7-24(18)38-31(43)37-20-10-8-19(9-11-20)15-36-32(2,3)26-23(33)14-21-28(27(26)34)39(17-25-35-12-13-44-25)16-22(29(21)40)30(41)42/h4-14,16,36H,15,17H2,1-3H3,(H,41,42)(H2,37,38,43). The number of fused-ring (bicyclic) bond motifs is 1. The number of nitrogens with one attached hydrogen (secondary N) is 3. The molecule has 0 aliphatic heterocycles. The Morgan fingerprint density at radius 1 is 1.07 bits per heavy atom. The number of pyridine rings is 1. The van der Waals surface area contributed by atoms with E-state index < -0.39 is 40.2 Å². The molecule has 3 aromatic carbocycles. The molecule has 0 aliphatic carbocycles. The SMILES string of the molecule is Cc1ccccc1NC(=O)Nc1ccc(CNC(C)(C)c2c(F)cc3c(=O)c(C(=O)O)cn(Cc4nccs4)c3c2F)cc1. The number of anilines is 2. The zero-order valence-electron chi connectivity index (χ0n) is 24.1. The minimum absolute atomic E-state index is 0.00601. The smallest absolute Gasteiger partial charge is 0.341 e. The van der Waals surface area contributed by atoms with Gasteiger partial charge < -0.3 is 25.6 Å². The maximum absolute atomic E-state index is 16.3. The molecule has 226 valence electrons. The third-order valence-corrected chi connectivity index (χ3v) is 8.00. The Balaban J connectivity index is 1.38. The van der Waals surface area contributed by atoms with Crippen molar-refractivity contribution in [3.05, 3.63) is 121 Å². The number of halogens is 2. The van der Waals surface area contributed by atoms with Gasteiger partial charge in [0.15, 0.2) is 5.82 Å². The zero-order valence-corrected chi connectivity index (χ0v) is 24.9. The molecule has 4 N–H and O–H groups in total. The molecule has 5 rings (SSSR count). The molecule has 2 amide bonds. The highest BCUT2D eigenvalue weighted by molar-refractivity contribution is 7.09. The van der Waals surface area contributed by atoms with Crippen LogP contribution in [-0.4, -0.2) is 26.7 Å². The Morgan fingerprint density at radius 3 is 2.45 bits per heavy atom. The second kappa shape index (κ2) is 12.3. The Morgan fingerprint density at radius 2 is 1.80 bits per heavy atom. The average molecular weight is 618 g/mol. The van der Waals surface area contributed by atoms with E-state index in [1.807, 2.05) is 25.1 Å². The lowest BCUT2D eigenvalue weighted by molar-refractivity contribution is 0.0694. The molecule has 0 fully saturated rings. The van der Waals surface area contributed by atoms with Crippen LogP contribution in [0.4, 0.5) is 25.0 Å². The van der Waals surface area contributed by atoms with Gasteiger partial charge in [-0.3, -0.25) is 4.79 Å². The van der Waals surface area contributed by atoms with Gasteiger partial charge in [0.05, 0.1) is 17.4 Å². The molecule has 12 heteroatoms. The van der Waals surface area contributed by atoms with E-state index in [2.05, 4.69) is 20.9 Å². The summed E-state index contributed by atoms with van der Waals surface area (Å²) in [7, 11) is 0. The first kappa shape index (κ1) is 30.5. The van der Waals surface area contributed by atoms with E-state index in [0.717, 1.165) is 23.4 Å². The minimum Gasteiger partial charge on any atom is -0.477 e. The highest BCUT2D eigenvalue weighted by Gasteiger charge is 2.31. The fourth-order valence-electron chi connectivity index (χ4n) is 4.93. The fourth-order valence-corrected chi connectivity index (χ4v) is 5.54. The molecule has 44 heavy (non-hydrogen) atoms. The summed E-state index contributed by atoms with van der Waals surface area (Å²) in [5.41, 5.74) is -0.348. The van der Waals surface area contributed by atoms with Crippen molar-refractivity contribution in [2.45, 2.75) is 39.4 Å². The van der Waals surface area contributed by atoms with Gasteiger partial charge in [-0.15, -0.1) is 11.3 Å². The molecule has 0 spiro atoms. The zero-order chi connectivity index (χ0) is 31.6. The molecule has 0 saturated carbocycles. The molecule has 2 aromatic heterocycles. The van der Waals surface area contributed by atoms with Gasteiger partial charge in [-0.25, -0.2) is 23.4 Å². The summed E-state index contributed by atoms with van der Waals surface area (Å²) in [5.74, 6) is -3.45. The van der Waals surface area contributed by atoms with E-state index in [9.17, 15) is 19.5 Å². The number of benzene rings is 3. The first-order valence-corrected chi connectivity index (χ1v) is 14.5. The van der Waals surface area contributed by atoms with Crippen molar-refractivity contribution in [3.8, 4) is 0 Å². The molecule has 0 unspecified atom stereocenters. The number of urea groups is 1. The van der Waals surface area contributed by atoms with E-state index in [0.29, 0.717) is 16.4 Å². The van der Waals surface area contributed by atoms with Crippen LogP contribution in [0.2, 0.25) is 0 Å². The largest absolute Gasteiger partial charge is 0.477 e. The maximum Gasteiger partial charge on any atom is 0.341 e. The number of carboxylic acids is 1. The van der Waals surface area contributed by atoms with Gasteiger partial charge in [0, 0.05) is 46.8 Å². The van der Waals surface area contributed by atoms with Crippen molar-refractivity contribution in [3.63, 3.8) is 0 Å². The van der Waals surface area contributed by atoms with Gasteiger partial charge in [0.1, 0.15) is 16.4 Å². The number of nitrogens with zero attached hydrogens (tertiary/aromatic N) is 2. The highest BCUT2D eigenvalue weighted by Crippen LogP contribution is 2.32. The maximum atomic E-state index is 16.3. The molecular weight excluding hydrogens is 588 g/mol. The van der Waals surface area contributed by atoms with Gasteiger partial charge in [-0.2, -0.15) is 0 Å². The number of rotatable bonds is 9. The second-order valence-corrected chi connectivity index (χ2v) is 11.7. The van der Waals surface area contributed by atoms with Gasteiger partial charge in [0.25, 0.3) is 0 Å². The number of aryl methyl sites for hydroxylation is 1. The van der Waals surface area contributed by atoms with Crippen LogP contribution >= 0.6 is 11.3 Å². The topological polar surface area (TPSA) is 125 Å². The van der Waals surface area contributed by atoms with Crippen molar-refractivity contribution < 1.29 is 23.5 Å². The summed E-state index contributed by atoms with van der Waals surface area (Å²) in [6.45, 7) is 5.34. The third-order valence-electron chi connectivity index (χ3n) is 7.24. The molecular formula is C32H29F2N5O4S. The molecule has 9 nitrogen and oxygen atoms in total. The first-order chi connectivity index (χ1) is 20.9. The first-order valence-electron chi connectivity index (χ1n) is 13.6. The Hall–Kier alpha value is -4.94. The summed E-state index contributed by atoms with van der Waals surface area (Å²) < 4.78 is 33.1. The monoisotopic (exact) mass is 617 g/mol. The number of carboxylic acid groups (broad SMARTS) is 1. The van der Waals surface area contributed by atoms with E-state index in [1.54, 1.807) is 55.8 Å². The molecule has 5 aromatic rings. The van der Waals surface area contributed by atoms with Gasteiger partial charge >= 0.3 is 12.0 Å². The minimum atomic E-state index is -1.50. The van der Waals surface area contributed by atoms with Gasteiger partial charge in [0.2, 0.25) is 5.43 Å². The Bertz CT molecular complexity index is 1920. The quantitative estimate of drug-likeness (QED) is 0.151. The number of hydrogen-bond donors (Lipinski definition) is 4. The van der Waals surface area contributed by atoms with Crippen LogP contribution in [-0.2, 0) is 18.6 Å². The molecule has 0 aliphatic rings. The van der Waals surface area contributed by atoms with Crippen LogP contribution in [0, 0.1) is 18.6 Å². The van der Waals surface area contributed by atoms with Gasteiger partial charge in [-0.1, -0.05) is 30.3 Å². The molecule has 0 saturated heterocycles. The molecule has 2 heterocycles. The Kier molecular flexibility index (Phi) is 8.56. The van der Waals surface area contributed by atoms with E-state index >= 15 is 8.78 Å². The number of aromatic nitrogens is 2. The van der Waals surface area contributed by atoms with Crippen LogP contribution < -0.4 is 21.4 Å². The predicted molar refractivity (Wildman–Crippen MR) is 166 cm³/mol. The lowest BCUT2D eigenvalue weighted by Gasteiger charge is -2.29. The predicted octanol–water partition coefficient (Wildman–Crippen LogP) is 6.46. The fraction of sp³-hybridized carbons (Fsp3) is 0.188. The van der Waals surface area contributed by atoms with Gasteiger partial charge in [-0.05, 0) is 56.2 Å². The Labute approximate surface area is 255 Å². The van der Waals surface area contributed by atoms with Crippen LogP contribution in [0.25, 0.3) is 10.9 Å². The summed E-state index contributed by atoms with van der Waals surface area (Å²) in [6, 6.07) is 14.9. The van der Waals surface area contributed by atoms with Crippen LogP contribution in [0.5, 0.6) is 0 Å². The van der Waals surface area contributed by atoms with E-state index in [4.69, 9.17) is 0 Å². The van der Waals surface area contributed by atoms with Crippen LogP contribution in [0.15, 0.2) is 77.2 Å².